The normalized spacial score (nSPS) is 10.5. The molecule has 4 heteroatoms. The minimum absolute atomic E-state index is 0.670. The van der Waals surface area contributed by atoms with Crippen LogP contribution in [0.1, 0.15) is 16.7 Å². The maximum Gasteiger partial charge on any atom is 0.279 e. The molecule has 1 heterocycles. The van der Waals surface area contributed by atoms with Gasteiger partial charge in [-0.2, -0.15) is 4.98 Å². The first-order chi connectivity index (χ1) is 7.58. The lowest BCUT2D eigenvalue weighted by Crippen LogP contribution is -1.92. The number of rotatable bonds is 2. The quantitative estimate of drug-likeness (QED) is 0.807. The van der Waals surface area contributed by atoms with E-state index in [1.54, 1.807) is 0 Å². The number of thiazole rings is 1. The highest BCUT2D eigenvalue weighted by atomic mass is 79.9. The summed E-state index contributed by atoms with van der Waals surface area (Å²) >= 11 is 4.80. The number of nitrogens with zero attached hydrogens (tertiary/aromatic N) is 1. The zero-order valence-corrected chi connectivity index (χ0v) is 11.8. The summed E-state index contributed by atoms with van der Waals surface area (Å²) in [6.07, 6.45) is 0. The van der Waals surface area contributed by atoms with E-state index in [0.29, 0.717) is 5.19 Å². The van der Waals surface area contributed by atoms with E-state index in [-0.39, 0.29) is 0 Å². The molecular formula is C12H12BrNOS. The lowest BCUT2D eigenvalue weighted by Gasteiger charge is -2.11. The molecule has 0 aliphatic rings. The molecule has 0 bridgehead atoms. The van der Waals surface area contributed by atoms with E-state index < -0.39 is 0 Å². The number of halogens is 1. The van der Waals surface area contributed by atoms with E-state index in [1.807, 2.05) is 12.3 Å². The molecule has 0 spiro atoms. The molecule has 0 amide bonds. The Kier molecular flexibility index (Phi) is 3.30. The maximum absolute atomic E-state index is 5.82. The first-order valence-electron chi connectivity index (χ1n) is 4.93. The molecule has 2 aromatic rings. The standard InChI is InChI=1S/C12H12BrNOS/c1-7-4-5-8(2)11(9(7)3)15-12-14-10(13)6-16-12/h4-6H,1-3H3. The molecule has 0 saturated heterocycles. The highest BCUT2D eigenvalue weighted by Crippen LogP contribution is 2.32. The van der Waals surface area contributed by atoms with Crippen LogP contribution in [0.25, 0.3) is 0 Å². The second kappa shape index (κ2) is 4.55. The molecule has 0 saturated carbocycles. The Labute approximate surface area is 107 Å². The van der Waals surface area contributed by atoms with Gasteiger partial charge in [-0.05, 0) is 53.4 Å². The van der Waals surface area contributed by atoms with E-state index in [4.69, 9.17) is 4.74 Å². The molecule has 2 rings (SSSR count). The lowest BCUT2D eigenvalue weighted by molar-refractivity contribution is 0.470. The van der Waals surface area contributed by atoms with Gasteiger partial charge in [0.25, 0.3) is 5.19 Å². The molecule has 0 aliphatic heterocycles. The average molecular weight is 298 g/mol. The Morgan fingerprint density at radius 3 is 2.50 bits per heavy atom. The van der Waals surface area contributed by atoms with Crippen LogP contribution in [0, 0.1) is 20.8 Å². The largest absolute Gasteiger partial charge is 0.430 e. The number of aromatic nitrogens is 1. The Balaban J connectivity index is 2.37. The Morgan fingerprint density at radius 1 is 1.19 bits per heavy atom. The molecule has 0 aliphatic carbocycles. The summed E-state index contributed by atoms with van der Waals surface area (Å²) in [6.45, 7) is 6.20. The Morgan fingerprint density at radius 2 is 1.88 bits per heavy atom. The van der Waals surface area contributed by atoms with E-state index >= 15 is 0 Å². The molecule has 1 aromatic carbocycles. The van der Waals surface area contributed by atoms with E-state index in [0.717, 1.165) is 15.9 Å². The highest BCUT2D eigenvalue weighted by molar-refractivity contribution is 9.10. The predicted molar refractivity (Wildman–Crippen MR) is 70.5 cm³/mol. The molecule has 0 N–H and O–H groups in total. The molecule has 0 atom stereocenters. The van der Waals surface area contributed by atoms with Crippen LogP contribution in [0.5, 0.6) is 10.9 Å². The molecule has 0 fully saturated rings. The summed E-state index contributed by atoms with van der Waals surface area (Å²) in [5, 5.41) is 2.58. The molecule has 84 valence electrons. The summed E-state index contributed by atoms with van der Waals surface area (Å²) in [4.78, 5) is 4.23. The van der Waals surface area contributed by atoms with E-state index in [2.05, 4.69) is 46.9 Å². The van der Waals surface area contributed by atoms with Crippen LogP contribution < -0.4 is 4.74 Å². The molecule has 0 radical (unpaired) electrons. The van der Waals surface area contributed by atoms with Crippen molar-refractivity contribution in [3.05, 3.63) is 38.8 Å². The van der Waals surface area contributed by atoms with Gasteiger partial charge in [0.15, 0.2) is 0 Å². The zero-order valence-electron chi connectivity index (χ0n) is 9.37. The van der Waals surface area contributed by atoms with E-state index in [9.17, 15) is 0 Å². The fourth-order valence-corrected chi connectivity index (χ4v) is 2.55. The third-order valence-electron chi connectivity index (χ3n) is 2.52. The fourth-order valence-electron chi connectivity index (χ4n) is 1.46. The van der Waals surface area contributed by atoms with Gasteiger partial charge in [-0.3, -0.25) is 0 Å². The monoisotopic (exact) mass is 297 g/mol. The van der Waals surface area contributed by atoms with Crippen LogP contribution in [0.2, 0.25) is 0 Å². The van der Waals surface area contributed by atoms with Crippen LogP contribution in [0.4, 0.5) is 0 Å². The maximum atomic E-state index is 5.82. The third kappa shape index (κ3) is 2.28. The zero-order chi connectivity index (χ0) is 11.7. The number of aryl methyl sites for hydroxylation is 2. The van der Waals surface area contributed by atoms with Crippen molar-refractivity contribution >= 4 is 27.3 Å². The fraction of sp³-hybridized carbons (Fsp3) is 0.250. The van der Waals surface area contributed by atoms with Crippen LogP contribution in [0.3, 0.4) is 0 Å². The van der Waals surface area contributed by atoms with Crippen molar-refractivity contribution in [3.63, 3.8) is 0 Å². The summed E-state index contributed by atoms with van der Waals surface area (Å²) in [5.74, 6) is 0.918. The van der Waals surface area contributed by atoms with Crippen molar-refractivity contribution in [3.8, 4) is 10.9 Å². The molecule has 1 aromatic heterocycles. The van der Waals surface area contributed by atoms with Crippen molar-refractivity contribution in [2.24, 2.45) is 0 Å². The minimum atomic E-state index is 0.670. The van der Waals surface area contributed by atoms with Gasteiger partial charge in [0.05, 0.1) is 0 Å². The third-order valence-corrected chi connectivity index (χ3v) is 3.94. The van der Waals surface area contributed by atoms with Crippen LogP contribution in [-0.2, 0) is 0 Å². The Hall–Kier alpha value is -0.870. The summed E-state index contributed by atoms with van der Waals surface area (Å²) in [5.41, 5.74) is 3.54. The van der Waals surface area contributed by atoms with Gasteiger partial charge in [0.1, 0.15) is 10.4 Å². The molecule has 0 unspecified atom stereocenters. The van der Waals surface area contributed by atoms with Gasteiger partial charge >= 0.3 is 0 Å². The van der Waals surface area contributed by atoms with Gasteiger partial charge in [0.2, 0.25) is 0 Å². The smallest absolute Gasteiger partial charge is 0.279 e. The Bertz CT molecular complexity index is 522. The minimum Gasteiger partial charge on any atom is -0.430 e. The number of hydrogen-bond acceptors (Lipinski definition) is 3. The van der Waals surface area contributed by atoms with Crippen molar-refractivity contribution < 1.29 is 4.74 Å². The van der Waals surface area contributed by atoms with Crippen molar-refractivity contribution in [1.82, 2.24) is 4.98 Å². The summed E-state index contributed by atoms with van der Waals surface area (Å²) in [6, 6.07) is 4.18. The van der Waals surface area contributed by atoms with Crippen molar-refractivity contribution in [2.45, 2.75) is 20.8 Å². The van der Waals surface area contributed by atoms with Gasteiger partial charge < -0.3 is 4.74 Å². The molecule has 16 heavy (non-hydrogen) atoms. The first kappa shape index (κ1) is 11.6. The second-order valence-electron chi connectivity index (χ2n) is 3.69. The topological polar surface area (TPSA) is 22.1 Å². The van der Waals surface area contributed by atoms with Gasteiger partial charge in [-0.15, -0.1) is 0 Å². The lowest BCUT2D eigenvalue weighted by atomic mass is 10.1. The highest BCUT2D eigenvalue weighted by Gasteiger charge is 2.09. The number of hydrogen-bond donors (Lipinski definition) is 0. The SMILES string of the molecule is Cc1ccc(C)c(Oc2nc(Br)cs2)c1C. The van der Waals surface area contributed by atoms with Crippen LogP contribution >= 0.6 is 27.3 Å². The second-order valence-corrected chi connectivity index (χ2v) is 5.32. The number of ether oxygens (including phenoxy) is 1. The van der Waals surface area contributed by atoms with Gasteiger partial charge in [-0.1, -0.05) is 23.5 Å². The van der Waals surface area contributed by atoms with Gasteiger partial charge in [0, 0.05) is 5.38 Å². The summed E-state index contributed by atoms with van der Waals surface area (Å²) in [7, 11) is 0. The summed E-state index contributed by atoms with van der Waals surface area (Å²) < 4.78 is 6.63. The number of benzene rings is 1. The first-order valence-corrected chi connectivity index (χ1v) is 6.61. The molecular weight excluding hydrogens is 286 g/mol. The molecule has 2 nitrogen and oxygen atoms in total. The van der Waals surface area contributed by atoms with Crippen LogP contribution in [-0.4, -0.2) is 4.98 Å². The van der Waals surface area contributed by atoms with E-state index in [1.165, 1.54) is 22.5 Å². The van der Waals surface area contributed by atoms with Gasteiger partial charge in [-0.25, -0.2) is 0 Å². The van der Waals surface area contributed by atoms with Crippen LogP contribution in [0.15, 0.2) is 22.1 Å². The average Bonchev–Trinajstić information content (AvgIpc) is 2.65. The van der Waals surface area contributed by atoms with Crippen molar-refractivity contribution in [2.75, 3.05) is 0 Å². The van der Waals surface area contributed by atoms with Crippen molar-refractivity contribution in [1.29, 1.82) is 0 Å². The predicted octanol–water partition coefficient (Wildman–Crippen LogP) is 4.62.